The summed E-state index contributed by atoms with van der Waals surface area (Å²) in [4.78, 5) is 21.5. The number of nitrogens with zero attached hydrogens (tertiary/aromatic N) is 2. The third-order valence-electron chi connectivity index (χ3n) is 4.16. The molecule has 0 aliphatic heterocycles. The van der Waals surface area contributed by atoms with Crippen LogP contribution < -0.4 is 10.3 Å². The van der Waals surface area contributed by atoms with Crippen LogP contribution in [0.5, 0.6) is 5.75 Å². The van der Waals surface area contributed by atoms with Gasteiger partial charge in [0.25, 0.3) is 5.56 Å². The number of hydrogen-bond donors (Lipinski definition) is 1. The summed E-state index contributed by atoms with van der Waals surface area (Å²) in [6, 6.07) is 15.3. The Hall–Kier alpha value is -2.73. The molecule has 0 unspecified atom stereocenters. The molecule has 2 aromatic heterocycles. The normalized spacial score (nSPS) is 11.5. The van der Waals surface area contributed by atoms with Crippen molar-refractivity contribution in [1.29, 1.82) is 0 Å². The highest BCUT2D eigenvalue weighted by atomic mass is 32.2. The summed E-state index contributed by atoms with van der Waals surface area (Å²) in [5, 5.41) is 1.90. The lowest BCUT2D eigenvalue weighted by atomic mass is 10.2. The van der Waals surface area contributed by atoms with Gasteiger partial charge in [-0.1, -0.05) is 55.9 Å². The van der Waals surface area contributed by atoms with Gasteiger partial charge in [-0.05, 0) is 18.2 Å². The number of methoxy groups -OCH3 is 1. The molecule has 5 nitrogen and oxygen atoms in total. The lowest BCUT2D eigenvalue weighted by molar-refractivity contribution is 0.411. The Bertz CT molecular complexity index is 1160. The number of H-pyrrole nitrogens is 1. The maximum absolute atomic E-state index is 13.4. The molecule has 0 aliphatic carbocycles. The van der Waals surface area contributed by atoms with Crippen molar-refractivity contribution >= 4 is 33.7 Å². The molecule has 6 heteroatoms. The van der Waals surface area contributed by atoms with Gasteiger partial charge in [0.05, 0.1) is 12.8 Å². The van der Waals surface area contributed by atoms with E-state index in [4.69, 9.17) is 9.72 Å². The monoisotopic (exact) mass is 365 g/mol. The van der Waals surface area contributed by atoms with Crippen LogP contribution in [-0.2, 0) is 0 Å². The second kappa shape index (κ2) is 6.53. The molecule has 0 spiro atoms. The van der Waals surface area contributed by atoms with Crippen LogP contribution in [-0.4, -0.2) is 26.9 Å². The molecular formula is C20H19N3O2S. The SMILES string of the molecule is COc1ccccc1-n1c(SC(C)C)nc2c([nH]c3ccccc32)c1=O. The maximum atomic E-state index is 13.4. The smallest absolute Gasteiger partial charge is 0.283 e. The highest BCUT2D eigenvalue weighted by Gasteiger charge is 2.19. The number of para-hydroxylation sites is 3. The zero-order valence-corrected chi connectivity index (χ0v) is 15.6. The van der Waals surface area contributed by atoms with Crippen molar-refractivity contribution in [2.75, 3.05) is 7.11 Å². The Labute approximate surface area is 155 Å². The quantitative estimate of drug-likeness (QED) is 0.431. The first-order valence-corrected chi connectivity index (χ1v) is 9.31. The molecule has 0 amide bonds. The van der Waals surface area contributed by atoms with E-state index in [0.29, 0.717) is 27.6 Å². The van der Waals surface area contributed by atoms with Crippen LogP contribution in [0.15, 0.2) is 58.5 Å². The van der Waals surface area contributed by atoms with Crippen molar-refractivity contribution < 1.29 is 4.74 Å². The van der Waals surface area contributed by atoms with Gasteiger partial charge in [-0.15, -0.1) is 0 Å². The van der Waals surface area contributed by atoms with E-state index in [0.717, 1.165) is 10.9 Å². The molecule has 26 heavy (non-hydrogen) atoms. The number of fused-ring (bicyclic) bond motifs is 3. The van der Waals surface area contributed by atoms with Crippen molar-refractivity contribution in [2.45, 2.75) is 24.3 Å². The van der Waals surface area contributed by atoms with Crippen molar-refractivity contribution in [3.8, 4) is 11.4 Å². The lowest BCUT2D eigenvalue weighted by Crippen LogP contribution is -2.22. The predicted molar refractivity (Wildman–Crippen MR) is 107 cm³/mol. The number of nitrogens with one attached hydrogen (secondary N) is 1. The second-order valence-electron chi connectivity index (χ2n) is 6.27. The van der Waals surface area contributed by atoms with E-state index in [1.807, 2.05) is 48.5 Å². The number of hydrogen-bond acceptors (Lipinski definition) is 4. The molecule has 0 atom stereocenters. The molecule has 0 bridgehead atoms. The highest BCUT2D eigenvalue weighted by Crippen LogP contribution is 2.30. The Morgan fingerprint density at radius 3 is 2.62 bits per heavy atom. The van der Waals surface area contributed by atoms with Crippen LogP contribution >= 0.6 is 11.8 Å². The van der Waals surface area contributed by atoms with E-state index < -0.39 is 0 Å². The average Bonchev–Trinajstić information content (AvgIpc) is 3.01. The van der Waals surface area contributed by atoms with Gasteiger partial charge in [0.1, 0.15) is 16.8 Å². The maximum Gasteiger partial charge on any atom is 0.283 e. The van der Waals surface area contributed by atoms with Gasteiger partial charge in [0.15, 0.2) is 5.16 Å². The largest absolute Gasteiger partial charge is 0.495 e. The number of rotatable bonds is 4. The third kappa shape index (κ3) is 2.66. The van der Waals surface area contributed by atoms with Crippen LogP contribution in [0, 0.1) is 0 Å². The fraction of sp³-hybridized carbons (Fsp3) is 0.200. The second-order valence-corrected chi connectivity index (χ2v) is 7.81. The standard InChI is InChI=1S/C20H19N3O2S/c1-12(2)26-20-22-17-13-8-4-5-9-14(13)21-18(17)19(24)23(20)15-10-6-7-11-16(15)25-3/h4-12,21H,1-3H3. The van der Waals surface area contributed by atoms with Crippen LogP contribution in [0.1, 0.15) is 13.8 Å². The molecule has 0 saturated heterocycles. The minimum Gasteiger partial charge on any atom is -0.495 e. The number of benzene rings is 2. The Kier molecular flexibility index (Phi) is 4.20. The molecular weight excluding hydrogens is 346 g/mol. The number of thioether (sulfide) groups is 1. The topological polar surface area (TPSA) is 59.9 Å². The third-order valence-corrected chi connectivity index (χ3v) is 5.12. The molecule has 0 fully saturated rings. The highest BCUT2D eigenvalue weighted by molar-refractivity contribution is 7.99. The van der Waals surface area contributed by atoms with Crippen molar-refractivity contribution in [2.24, 2.45) is 0 Å². The lowest BCUT2D eigenvalue weighted by Gasteiger charge is -2.15. The van der Waals surface area contributed by atoms with E-state index in [1.165, 1.54) is 0 Å². The zero-order chi connectivity index (χ0) is 18.3. The minimum absolute atomic E-state index is 0.126. The molecule has 2 aromatic carbocycles. The summed E-state index contributed by atoms with van der Waals surface area (Å²) in [5.74, 6) is 0.637. The van der Waals surface area contributed by atoms with Crippen LogP contribution in [0.25, 0.3) is 27.6 Å². The fourth-order valence-electron chi connectivity index (χ4n) is 3.06. The minimum atomic E-state index is -0.126. The summed E-state index contributed by atoms with van der Waals surface area (Å²) in [5.41, 5.74) is 2.69. The van der Waals surface area contributed by atoms with E-state index in [-0.39, 0.29) is 10.8 Å². The predicted octanol–water partition coefficient (Wildman–Crippen LogP) is 4.38. The van der Waals surface area contributed by atoms with E-state index in [2.05, 4.69) is 18.8 Å². The average molecular weight is 365 g/mol. The van der Waals surface area contributed by atoms with Crippen molar-refractivity contribution in [1.82, 2.24) is 14.5 Å². The van der Waals surface area contributed by atoms with Gasteiger partial charge < -0.3 is 9.72 Å². The number of aromatic nitrogens is 3. The molecule has 0 aliphatic rings. The van der Waals surface area contributed by atoms with Crippen molar-refractivity contribution in [3.63, 3.8) is 0 Å². The van der Waals surface area contributed by atoms with Crippen molar-refractivity contribution in [3.05, 3.63) is 58.9 Å². The van der Waals surface area contributed by atoms with Gasteiger partial charge in [-0.2, -0.15) is 0 Å². The molecule has 4 aromatic rings. The molecule has 0 radical (unpaired) electrons. The Balaban J connectivity index is 2.12. The van der Waals surface area contributed by atoms with E-state index in [9.17, 15) is 4.79 Å². The van der Waals surface area contributed by atoms with Crippen LogP contribution in [0.2, 0.25) is 0 Å². The fourth-order valence-corrected chi connectivity index (χ4v) is 3.91. The number of ether oxygens (including phenoxy) is 1. The molecule has 1 N–H and O–H groups in total. The summed E-state index contributed by atoms with van der Waals surface area (Å²) in [6.07, 6.45) is 0. The summed E-state index contributed by atoms with van der Waals surface area (Å²) >= 11 is 1.56. The first-order valence-electron chi connectivity index (χ1n) is 8.43. The summed E-state index contributed by atoms with van der Waals surface area (Å²) < 4.78 is 7.12. The molecule has 0 saturated carbocycles. The van der Waals surface area contributed by atoms with Gasteiger partial charge >= 0.3 is 0 Å². The van der Waals surface area contributed by atoms with Gasteiger partial charge in [-0.3, -0.25) is 4.79 Å². The zero-order valence-electron chi connectivity index (χ0n) is 14.8. The van der Waals surface area contributed by atoms with Gasteiger partial charge in [0.2, 0.25) is 0 Å². The van der Waals surface area contributed by atoms with E-state index in [1.54, 1.807) is 23.4 Å². The first-order chi connectivity index (χ1) is 12.6. The first kappa shape index (κ1) is 16.7. The van der Waals surface area contributed by atoms with Gasteiger partial charge in [-0.25, -0.2) is 9.55 Å². The van der Waals surface area contributed by atoms with Crippen LogP contribution in [0.3, 0.4) is 0 Å². The van der Waals surface area contributed by atoms with Crippen LogP contribution in [0.4, 0.5) is 0 Å². The number of aromatic amines is 1. The summed E-state index contributed by atoms with van der Waals surface area (Å²) in [6.45, 7) is 4.17. The van der Waals surface area contributed by atoms with E-state index >= 15 is 0 Å². The Morgan fingerprint density at radius 2 is 1.85 bits per heavy atom. The Morgan fingerprint density at radius 1 is 1.12 bits per heavy atom. The molecule has 132 valence electrons. The molecule has 4 rings (SSSR count). The van der Waals surface area contributed by atoms with Gasteiger partial charge in [0, 0.05) is 16.2 Å². The summed E-state index contributed by atoms with van der Waals surface area (Å²) in [7, 11) is 1.61. The molecule has 2 heterocycles.